The first-order valence-electron chi connectivity index (χ1n) is 7.19. The second-order valence-corrected chi connectivity index (χ2v) is 5.03. The number of carbonyl (C=O) groups is 2. The molecule has 21 heavy (non-hydrogen) atoms. The third-order valence-corrected chi connectivity index (χ3v) is 3.43. The lowest BCUT2D eigenvalue weighted by Crippen LogP contribution is -2.58. The van der Waals surface area contributed by atoms with E-state index in [0.717, 1.165) is 12.1 Å². The van der Waals surface area contributed by atoms with Crippen LogP contribution in [-0.4, -0.2) is 31.0 Å². The van der Waals surface area contributed by atoms with Crippen molar-refractivity contribution in [3.63, 3.8) is 0 Å². The van der Waals surface area contributed by atoms with E-state index in [1.807, 2.05) is 19.9 Å². The Balaban J connectivity index is 2.30. The van der Waals surface area contributed by atoms with Gasteiger partial charge in [-0.3, -0.25) is 14.9 Å². The molecule has 6 nitrogen and oxygen atoms in total. The first kappa shape index (κ1) is 15.2. The molecule has 1 aliphatic rings. The van der Waals surface area contributed by atoms with Gasteiger partial charge in [0, 0.05) is 11.8 Å². The number of hydrogen-bond acceptors (Lipinski definition) is 5. The molecule has 1 unspecified atom stereocenters. The summed E-state index contributed by atoms with van der Waals surface area (Å²) in [4.78, 5) is 25.3. The van der Waals surface area contributed by atoms with Crippen LogP contribution in [0.4, 0.5) is 11.4 Å². The molecule has 0 spiro atoms. The smallest absolute Gasteiger partial charge is 0.249 e. The maximum Gasteiger partial charge on any atom is 0.249 e. The van der Waals surface area contributed by atoms with Crippen molar-refractivity contribution in [2.75, 3.05) is 23.8 Å². The Morgan fingerprint density at radius 3 is 2.81 bits per heavy atom. The van der Waals surface area contributed by atoms with Gasteiger partial charge >= 0.3 is 0 Å². The number of imide groups is 1. The topological polar surface area (TPSA) is 84.7 Å². The first-order chi connectivity index (χ1) is 10.1. The molecule has 3 N–H and O–H groups in total. The van der Waals surface area contributed by atoms with Gasteiger partial charge in [-0.2, -0.15) is 0 Å². The molecule has 1 saturated heterocycles. The number of benzene rings is 1. The highest BCUT2D eigenvalue weighted by atomic mass is 16.5. The summed E-state index contributed by atoms with van der Waals surface area (Å²) in [6, 6.07) is 4.98. The zero-order valence-corrected chi connectivity index (χ0v) is 12.4. The van der Waals surface area contributed by atoms with Crippen LogP contribution >= 0.6 is 0 Å². The molecule has 6 heteroatoms. The Labute approximate surface area is 124 Å². The Bertz CT molecular complexity index is 545. The number of ether oxygens (including phenoxy) is 1. The fraction of sp³-hybridized carbons (Fsp3) is 0.467. The minimum atomic E-state index is -0.356. The highest BCUT2D eigenvalue weighted by Crippen LogP contribution is 2.30. The maximum absolute atomic E-state index is 11.9. The molecule has 1 aromatic carbocycles. The normalized spacial score (nSPS) is 18.6. The third-order valence-electron chi connectivity index (χ3n) is 3.43. The summed E-state index contributed by atoms with van der Waals surface area (Å²) < 4.78 is 5.60. The summed E-state index contributed by atoms with van der Waals surface area (Å²) in [5, 5.41) is 2.36. The lowest BCUT2D eigenvalue weighted by atomic mass is 10.1. The number of hydrogen-bond donors (Lipinski definition) is 2. The molecule has 0 bridgehead atoms. The SMILES string of the molecule is CCCOc1cc(N2CC(=O)NC(=O)C2CC)ccc1N. The monoisotopic (exact) mass is 291 g/mol. The third kappa shape index (κ3) is 3.26. The minimum absolute atomic E-state index is 0.154. The molecule has 114 valence electrons. The molecule has 0 aromatic heterocycles. The van der Waals surface area contributed by atoms with Crippen LogP contribution in [0.15, 0.2) is 18.2 Å². The lowest BCUT2D eigenvalue weighted by Gasteiger charge is -2.35. The van der Waals surface area contributed by atoms with Crippen molar-refractivity contribution in [1.29, 1.82) is 0 Å². The van der Waals surface area contributed by atoms with Gasteiger partial charge in [0.1, 0.15) is 11.8 Å². The van der Waals surface area contributed by atoms with E-state index >= 15 is 0 Å². The quantitative estimate of drug-likeness (QED) is 0.631. The second kappa shape index (κ2) is 6.47. The van der Waals surface area contributed by atoms with Gasteiger partial charge in [0.2, 0.25) is 11.8 Å². The number of nitrogens with zero attached hydrogens (tertiary/aromatic N) is 1. The predicted molar refractivity (Wildman–Crippen MR) is 81.2 cm³/mol. The fourth-order valence-corrected chi connectivity index (χ4v) is 2.38. The van der Waals surface area contributed by atoms with E-state index in [1.165, 1.54) is 0 Å². The number of anilines is 2. The number of nitrogens with two attached hydrogens (primary N) is 1. The lowest BCUT2D eigenvalue weighted by molar-refractivity contribution is -0.132. The van der Waals surface area contributed by atoms with Crippen molar-refractivity contribution in [3.8, 4) is 5.75 Å². The van der Waals surface area contributed by atoms with Crippen molar-refractivity contribution in [1.82, 2.24) is 5.32 Å². The molecule has 1 heterocycles. The molecular weight excluding hydrogens is 270 g/mol. The van der Waals surface area contributed by atoms with E-state index in [9.17, 15) is 9.59 Å². The Kier molecular flexibility index (Phi) is 4.67. The van der Waals surface area contributed by atoms with Gasteiger partial charge < -0.3 is 15.4 Å². The van der Waals surface area contributed by atoms with Gasteiger partial charge in [-0.15, -0.1) is 0 Å². The highest BCUT2D eigenvalue weighted by molar-refractivity contribution is 6.04. The Morgan fingerprint density at radius 2 is 2.14 bits per heavy atom. The van der Waals surface area contributed by atoms with Crippen LogP contribution in [0.5, 0.6) is 5.75 Å². The summed E-state index contributed by atoms with van der Waals surface area (Å²) in [7, 11) is 0. The number of rotatable bonds is 5. The summed E-state index contributed by atoms with van der Waals surface area (Å²) >= 11 is 0. The van der Waals surface area contributed by atoms with Gasteiger partial charge in [-0.05, 0) is 25.0 Å². The minimum Gasteiger partial charge on any atom is -0.491 e. The molecule has 2 amide bonds. The molecule has 1 atom stereocenters. The zero-order valence-electron chi connectivity index (χ0n) is 12.4. The van der Waals surface area contributed by atoms with E-state index in [2.05, 4.69) is 5.32 Å². The predicted octanol–water partition coefficient (Wildman–Crippen LogP) is 1.30. The molecule has 1 aliphatic heterocycles. The second-order valence-electron chi connectivity index (χ2n) is 5.03. The van der Waals surface area contributed by atoms with Crippen molar-refractivity contribution in [3.05, 3.63) is 18.2 Å². The van der Waals surface area contributed by atoms with E-state index in [-0.39, 0.29) is 24.4 Å². The van der Waals surface area contributed by atoms with Gasteiger partial charge in [-0.1, -0.05) is 13.8 Å². The van der Waals surface area contributed by atoms with E-state index in [1.54, 1.807) is 17.0 Å². The van der Waals surface area contributed by atoms with Crippen molar-refractivity contribution < 1.29 is 14.3 Å². The van der Waals surface area contributed by atoms with Crippen LogP contribution < -0.4 is 20.7 Å². The van der Waals surface area contributed by atoms with Crippen LogP contribution in [0.2, 0.25) is 0 Å². The first-order valence-corrected chi connectivity index (χ1v) is 7.19. The van der Waals surface area contributed by atoms with Gasteiger partial charge in [-0.25, -0.2) is 0 Å². The summed E-state index contributed by atoms with van der Waals surface area (Å²) in [5.74, 6) is 0.0294. The molecule has 0 aliphatic carbocycles. The number of amides is 2. The van der Waals surface area contributed by atoms with Crippen molar-refractivity contribution in [2.45, 2.75) is 32.7 Å². The number of nitrogen functional groups attached to an aromatic ring is 1. The average Bonchev–Trinajstić information content (AvgIpc) is 2.45. The van der Waals surface area contributed by atoms with E-state index in [4.69, 9.17) is 10.5 Å². The van der Waals surface area contributed by atoms with E-state index in [0.29, 0.717) is 24.5 Å². The van der Waals surface area contributed by atoms with Gasteiger partial charge in [0.25, 0.3) is 0 Å². The van der Waals surface area contributed by atoms with Crippen LogP contribution in [0.1, 0.15) is 26.7 Å². The molecule has 2 rings (SSSR count). The summed E-state index contributed by atoms with van der Waals surface area (Å²) in [5.41, 5.74) is 7.21. The molecular formula is C15H21N3O3. The molecule has 1 fully saturated rings. The average molecular weight is 291 g/mol. The Morgan fingerprint density at radius 1 is 1.38 bits per heavy atom. The summed E-state index contributed by atoms with van der Waals surface area (Å²) in [6.45, 7) is 4.66. The van der Waals surface area contributed by atoms with Crippen LogP contribution in [-0.2, 0) is 9.59 Å². The number of nitrogens with one attached hydrogen (secondary N) is 1. The molecule has 0 radical (unpaired) electrons. The largest absolute Gasteiger partial charge is 0.491 e. The van der Waals surface area contributed by atoms with Crippen LogP contribution in [0.3, 0.4) is 0 Å². The van der Waals surface area contributed by atoms with Gasteiger partial charge in [0.15, 0.2) is 0 Å². The molecule has 0 saturated carbocycles. The van der Waals surface area contributed by atoms with Gasteiger partial charge in [0.05, 0.1) is 18.8 Å². The fourth-order valence-electron chi connectivity index (χ4n) is 2.38. The van der Waals surface area contributed by atoms with Crippen molar-refractivity contribution in [2.24, 2.45) is 0 Å². The highest BCUT2D eigenvalue weighted by Gasteiger charge is 2.32. The number of carbonyl (C=O) groups excluding carboxylic acids is 2. The number of piperazine rings is 1. The van der Waals surface area contributed by atoms with Crippen LogP contribution in [0, 0.1) is 0 Å². The standard InChI is InChI=1S/C15H21N3O3/c1-3-7-21-13-8-10(5-6-11(13)16)18-9-14(19)17-15(20)12(18)4-2/h5-6,8,12H,3-4,7,9,16H2,1-2H3,(H,17,19,20). The maximum atomic E-state index is 11.9. The zero-order chi connectivity index (χ0) is 15.4. The molecule has 1 aromatic rings. The summed E-state index contributed by atoms with van der Waals surface area (Å²) in [6.07, 6.45) is 1.50. The van der Waals surface area contributed by atoms with Crippen LogP contribution in [0.25, 0.3) is 0 Å². The Hall–Kier alpha value is -2.24. The van der Waals surface area contributed by atoms with Crippen molar-refractivity contribution >= 4 is 23.2 Å². The van der Waals surface area contributed by atoms with E-state index < -0.39 is 0 Å².